The quantitative estimate of drug-likeness (QED) is 0.524. The zero-order chi connectivity index (χ0) is 22.0. The summed E-state index contributed by atoms with van der Waals surface area (Å²) in [4.78, 5) is 29.1. The number of nitrogens with zero attached hydrogens (tertiary/aromatic N) is 1. The number of ether oxygens (including phenoxy) is 2. The van der Waals surface area contributed by atoms with Crippen LogP contribution in [0.3, 0.4) is 0 Å². The van der Waals surface area contributed by atoms with Gasteiger partial charge in [-0.15, -0.1) is 0 Å². The van der Waals surface area contributed by atoms with Crippen molar-refractivity contribution in [1.29, 1.82) is 0 Å². The minimum atomic E-state index is -0.566. The zero-order valence-electron chi connectivity index (χ0n) is 17.0. The number of benzene rings is 2. The van der Waals surface area contributed by atoms with Gasteiger partial charge in [-0.1, -0.05) is 18.2 Å². The smallest absolute Gasteiger partial charge is 0.255 e. The maximum Gasteiger partial charge on any atom is 0.255 e. The number of primary amides is 1. The second-order valence-electron chi connectivity index (χ2n) is 7.25. The third kappa shape index (κ3) is 4.44. The Kier molecular flexibility index (Phi) is 5.99. The van der Waals surface area contributed by atoms with Crippen LogP contribution in [0.15, 0.2) is 46.9 Å². The zero-order valence-corrected chi connectivity index (χ0v) is 18.6. The Bertz CT molecular complexity index is 1190. The highest BCUT2D eigenvalue weighted by Gasteiger charge is 2.23. The number of hydrogen-bond acceptors (Lipinski definition) is 4. The lowest BCUT2D eigenvalue weighted by Crippen LogP contribution is -2.34. The first kappa shape index (κ1) is 21.0. The number of halogens is 1. The molecule has 0 spiro atoms. The summed E-state index contributed by atoms with van der Waals surface area (Å²) < 4.78 is 11.7. The van der Waals surface area contributed by atoms with Crippen molar-refractivity contribution in [3.8, 4) is 11.5 Å². The van der Waals surface area contributed by atoms with Gasteiger partial charge in [-0.2, -0.15) is 0 Å². The number of carbonyl (C=O) groups excluding carboxylic acids is 2. The molecular weight excluding hydrogens is 462 g/mol. The Hall–Kier alpha value is -3.26. The Morgan fingerprint density at radius 3 is 2.87 bits per heavy atom. The van der Waals surface area contributed by atoms with E-state index < -0.39 is 5.91 Å². The number of aromatic amines is 1. The molecule has 0 saturated heterocycles. The van der Waals surface area contributed by atoms with Crippen LogP contribution in [0.25, 0.3) is 17.0 Å². The number of fused-ring (bicyclic) bond motifs is 3. The van der Waals surface area contributed by atoms with Crippen molar-refractivity contribution in [2.24, 2.45) is 5.73 Å². The van der Waals surface area contributed by atoms with E-state index in [-0.39, 0.29) is 12.5 Å². The number of carbonyl (C=O) groups is 2. The van der Waals surface area contributed by atoms with Crippen molar-refractivity contribution in [1.82, 2.24) is 9.88 Å². The minimum Gasteiger partial charge on any atom is -0.493 e. The maximum atomic E-state index is 12.8. The second kappa shape index (κ2) is 8.85. The van der Waals surface area contributed by atoms with Gasteiger partial charge in [-0.3, -0.25) is 9.59 Å². The van der Waals surface area contributed by atoms with Crippen molar-refractivity contribution in [2.75, 3.05) is 20.3 Å². The van der Waals surface area contributed by atoms with Crippen molar-refractivity contribution in [3.05, 3.63) is 63.8 Å². The highest BCUT2D eigenvalue weighted by atomic mass is 79.9. The number of aromatic nitrogens is 1. The lowest BCUT2D eigenvalue weighted by molar-refractivity contribution is -0.126. The molecule has 2 amide bonds. The molecule has 2 heterocycles. The summed E-state index contributed by atoms with van der Waals surface area (Å²) in [6.07, 6.45) is 4.09. The number of hydrogen-bond donors (Lipinski definition) is 2. The molecular formula is C23H22BrN3O4. The van der Waals surface area contributed by atoms with Crippen molar-refractivity contribution < 1.29 is 19.1 Å². The summed E-state index contributed by atoms with van der Waals surface area (Å²) in [6, 6.07) is 11.3. The normalized spacial score (nSPS) is 13.4. The first-order valence-electron chi connectivity index (χ1n) is 9.80. The van der Waals surface area contributed by atoms with Crippen LogP contribution in [0.2, 0.25) is 0 Å². The molecule has 2 aromatic carbocycles. The molecule has 0 bridgehead atoms. The molecule has 4 rings (SSSR count). The Balaban J connectivity index is 1.48. The molecule has 0 atom stereocenters. The number of rotatable bonds is 6. The lowest BCUT2D eigenvalue weighted by Gasteiger charge is -2.26. The molecule has 0 unspecified atom stereocenters. The molecule has 7 nitrogen and oxygen atoms in total. The van der Waals surface area contributed by atoms with Crippen LogP contribution in [-0.2, 0) is 22.6 Å². The predicted octanol–water partition coefficient (Wildman–Crippen LogP) is 3.40. The number of methoxy groups -OCH3 is 1. The molecule has 0 fully saturated rings. The van der Waals surface area contributed by atoms with E-state index >= 15 is 0 Å². The molecule has 1 aliphatic rings. The van der Waals surface area contributed by atoms with E-state index in [4.69, 9.17) is 15.2 Å². The maximum absolute atomic E-state index is 12.8. The number of para-hydroxylation sites is 1. The number of H-pyrrole nitrogens is 1. The number of amides is 2. The average Bonchev–Trinajstić information content (AvgIpc) is 3.15. The molecule has 160 valence electrons. The van der Waals surface area contributed by atoms with Crippen LogP contribution in [0.5, 0.6) is 11.5 Å². The highest BCUT2D eigenvalue weighted by molar-refractivity contribution is 9.10. The van der Waals surface area contributed by atoms with Gasteiger partial charge in [0.25, 0.3) is 5.91 Å². The number of nitrogens with two attached hydrogens (primary N) is 1. The van der Waals surface area contributed by atoms with Crippen LogP contribution in [0.1, 0.15) is 16.8 Å². The summed E-state index contributed by atoms with van der Waals surface area (Å²) in [5, 5.41) is 1.14. The van der Waals surface area contributed by atoms with E-state index in [2.05, 4.69) is 27.0 Å². The van der Waals surface area contributed by atoms with Gasteiger partial charge in [-0.05, 0) is 45.8 Å². The topological polar surface area (TPSA) is 97.7 Å². The van der Waals surface area contributed by atoms with Gasteiger partial charge in [0, 0.05) is 46.7 Å². The Morgan fingerprint density at radius 1 is 1.26 bits per heavy atom. The predicted molar refractivity (Wildman–Crippen MR) is 122 cm³/mol. The van der Waals surface area contributed by atoms with Gasteiger partial charge in [0.15, 0.2) is 18.1 Å². The Morgan fingerprint density at radius 2 is 2.10 bits per heavy atom. The fourth-order valence-corrected chi connectivity index (χ4v) is 4.18. The van der Waals surface area contributed by atoms with E-state index in [9.17, 15) is 9.59 Å². The Labute approximate surface area is 187 Å². The molecule has 31 heavy (non-hydrogen) atoms. The van der Waals surface area contributed by atoms with Crippen LogP contribution < -0.4 is 15.2 Å². The second-order valence-corrected chi connectivity index (χ2v) is 8.11. The molecule has 0 radical (unpaired) electrons. The summed E-state index contributed by atoms with van der Waals surface area (Å²) >= 11 is 3.59. The van der Waals surface area contributed by atoms with Crippen molar-refractivity contribution >= 4 is 44.7 Å². The standard InChI is InChI=1S/C23H22BrN3O4/c1-30-20-11-14(5-7-19(20)31-13-21(25)28)6-8-22(29)27-10-9-18-16(12-27)15-3-2-4-17(24)23(15)26-18/h2-8,11,26H,9-10,12-13H2,1H3,(H2,25,28)/b8-6+. The first-order chi connectivity index (χ1) is 15.0. The van der Waals surface area contributed by atoms with Crippen molar-refractivity contribution in [3.63, 3.8) is 0 Å². The summed E-state index contributed by atoms with van der Waals surface area (Å²) in [6.45, 7) is 0.993. The molecule has 0 saturated carbocycles. The lowest BCUT2D eigenvalue weighted by atomic mass is 10.0. The summed E-state index contributed by atoms with van der Waals surface area (Å²) in [7, 11) is 1.51. The van der Waals surface area contributed by atoms with Crippen LogP contribution >= 0.6 is 15.9 Å². The van der Waals surface area contributed by atoms with E-state index in [0.29, 0.717) is 24.6 Å². The van der Waals surface area contributed by atoms with Crippen LogP contribution in [-0.4, -0.2) is 42.0 Å². The van der Waals surface area contributed by atoms with Gasteiger partial charge in [0.2, 0.25) is 5.91 Å². The third-order valence-corrected chi connectivity index (χ3v) is 5.91. The fourth-order valence-electron chi connectivity index (χ4n) is 3.72. The summed E-state index contributed by atoms with van der Waals surface area (Å²) in [5.74, 6) is 0.258. The van der Waals surface area contributed by atoms with E-state index in [1.165, 1.54) is 18.4 Å². The van der Waals surface area contributed by atoms with Gasteiger partial charge < -0.3 is 25.1 Å². The number of nitrogens with one attached hydrogen (secondary N) is 1. The molecule has 3 aromatic rings. The fraction of sp³-hybridized carbons (Fsp3) is 0.217. The molecule has 0 aliphatic carbocycles. The van der Waals surface area contributed by atoms with Crippen LogP contribution in [0.4, 0.5) is 0 Å². The SMILES string of the molecule is COc1cc(/C=C/C(=O)N2CCc3[nH]c4c(Br)cccc4c3C2)ccc1OCC(N)=O. The molecule has 3 N–H and O–H groups in total. The third-order valence-electron chi connectivity index (χ3n) is 5.25. The van der Waals surface area contributed by atoms with Crippen molar-refractivity contribution in [2.45, 2.75) is 13.0 Å². The molecule has 1 aromatic heterocycles. The molecule has 1 aliphatic heterocycles. The van der Waals surface area contributed by atoms with Gasteiger partial charge in [-0.25, -0.2) is 0 Å². The monoisotopic (exact) mass is 483 g/mol. The van der Waals surface area contributed by atoms with E-state index in [1.54, 1.807) is 30.4 Å². The highest BCUT2D eigenvalue weighted by Crippen LogP contribution is 2.32. The van der Waals surface area contributed by atoms with E-state index in [1.807, 2.05) is 17.0 Å². The minimum absolute atomic E-state index is 0.0528. The van der Waals surface area contributed by atoms with Gasteiger partial charge in [0.05, 0.1) is 12.6 Å². The first-order valence-corrected chi connectivity index (χ1v) is 10.6. The van der Waals surface area contributed by atoms with Crippen LogP contribution in [0, 0.1) is 0 Å². The molecule has 8 heteroatoms. The summed E-state index contributed by atoms with van der Waals surface area (Å²) in [5.41, 5.74) is 9.32. The van der Waals surface area contributed by atoms with Gasteiger partial charge in [0.1, 0.15) is 0 Å². The van der Waals surface area contributed by atoms with E-state index in [0.717, 1.165) is 27.4 Å². The van der Waals surface area contributed by atoms with Gasteiger partial charge >= 0.3 is 0 Å². The average molecular weight is 484 g/mol. The largest absolute Gasteiger partial charge is 0.493 e.